The molecule has 1 amide bonds. The molecular formula is C13H17Cl3N2O. The van der Waals surface area contributed by atoms with Gasteiger partial charge in [0, 0.05) is 33.1 Å². The summed E-state index contributed by atoms with van der Waals surface area (Å²) in [7, 11) is 3.48. The van der Waals surface area contributed by atoms with E-state index >= 15 is 0 Å². The molecule has 1 atom stereocenters. The third kappa shape index (κ3) is 4.53. The molecule has 0 fully saturated rings. The van der Waals surface area contributed by atoms with Crippen LogP contribution >= 0.6 is 34.8 Å². The van der Waals surface area contributed by atoms with Crippen molar-refractivity contribution in [2.24, 2.45) is 0 Å². The van der Waals surface area contributed by atoms with E-state index in [0.29, 0.717) is 28.0 Å². The Bertz CT molecular complexity index is 463. The number of benzene rings is 1. The molecule has 0 radical (unpaired) electrons. The van der Waals surface area contributed by atoms with Crippen molar-refractivity contribution in [3.8, 4) is 0 Å². The fourth-order valence-electron chi connectivity index (χ4n) is 1.60. The number of hydrogen-bond acceptors (Lipinski definition) is 2. The molecule has 19 heavy (non-hydrogen) atoms. The zero-order valence-corrected chi connectivity index (χ0v) is 13.4. The maximum absolute atomic E-state index is 11.4. The Labute approximate surface area is 128 Å². The lowest BCUT2D eigenvalue weighted by Gasteiger charge is -2.17. The van der Waals surface area contributed by atoms with E-state index in [0.717, 1.165) is 5.56 Å². The number of nitrogens with one attached hydrogen (secondary N) is 1. The fourth-order valence-corrected chi connectivity index (χ4v) is 2.31. The van der Waals surface area contributed by atoms with Crippen molar-refractivity contribution in [3.05, 3.63) is 32.8 Å². The fraction of sp³-hybridized carbons (Fsp3) is 0.462. The predicted octanol–water partition coefficient (Wildman–Crippen LogP) is 3.78. The smallest absolute Gasteiger partial charge is 0.223 e. The molecule has 6 heteroatoms. The standard InChI is InChI=1S/C13H17Cl3N2O/c1-8(17-7-6-11(19)18(2)3)9-4-5-10(14)13(16)12(9)15/h4-5,8,17H,6-7H2,1-3H3. The molecule has 0 aromatic heterocycles. The number of halogens is 3. The van der Waals surface area contributed by atoms with Crippen molar-refractivity contribution in [1.29, 1.82) is 0 Å². The number of amides is 1. The van der Waals surface area contributed by atoms with Crippen LogP contribution in [0.15, 0.2) is 12.1 Å². The Morgan fingerprint density at radius 3 is 2.47 bits per heavy atom. The number of nitrogens with zero attached hydrogens (tertiary/aromatic N) is 1. The van der Waals surface area contributed by atoms with Gasteiger partial charge in [0.2, 0.25) is 5.91 Å². The summed E-state index contributed by atoms with van der Waals surface area (Å²) in [4.78, 5) is 13.0. The normalized spacial score (nSPS) is 12.3. The van der Waals surface area contributed by atoms with Crippen molar-refractivity contribution in [3.63, 3.8) is 0 Å². The molecule has 106 valence electrons. The highest BCUT2D eigenvalue weighted by atomic mass is 35.5. The molecule has 0 saturated carbocycles. The maximum atomic E-state index is 11.4. The van der Waals surface area contributed by atoms with Gasteiger partial charge in [-0.15, -0.1) is 0 Å². The monoisotopic (exact) mass is 322 g/mol. The summed E-state index contributed by atoms with van der Waals surface area (Å²) in [5.74, 6) is 0.0833. The van der Waals surface area contributed by atoms with Crippen LogP contribution < -0.4 is 5.32 Å². The van der Waals surface area contributed by atoms with Crippen LogP contribution in [-0.2, 0) is 4.79 Å². The van der Waals surface area contributed by atoms with Gasteiger partial charge in [-0.2, -0.15) is 0 Å². The average molecular weight is 324 g/mol. The van der Waals surface area contributed by atoms with Gasteiger partial charge in [-0.3, -0.25) is 4.79 Å². The molecule has 0 bridgehead atoms. The molecule has 3 nitrogen and oxygen atoms in total. The summed E-state index contributed by atoms with van der Waals surface area (Å²) in [6, 6.07) is 3.55. The summed E-state index contributed by atoms with van der Waals surface area (Å²) in [5.41, 5.74) is 0.869. The Balaban J connectivity index is 2.62. The molecular weight excluding hydrogens is 307 g/mol. The Morgan fingerprint density at radius 1 is 1.26 bits per heavy atom. The van der Waals surface area contributed by atoms with Crippen LogP contribution in [0.1, 0.15) is 24.9 Å². The highest BCUT2D eigenvalue weighted by molar-refractivity contribution is 6.48. The molecule has 0 aliphatic carbocycles. The molecule has 1 aromatic rings. The van der Waals surface area contributed by atoms with E-state index < -0.39 is 0 Å². The molecule has 0 heterocycles. The first kappa shape index (κ1) is 16.6. The third-order valence-corrected chi connectivity index (χ3v) is 4.13. The lowest BCUT2D eigenvalue weighted by Crippen LogP contribution is -2.28. The van der Waals surface area contributed by atoms with E-state index in [2.05, 4.69) is 5.32 Å². The van der Waals surface area contributed by atoms with Crippen LogP contribution in [0.25, 0.3) is 0 Å². The van der Waals surface area contributed by atoms with Gasteiger partial charge in [0.05, 0.1) is 15.1 Å². The van der Waals surface area contributed by atoms with Crippen LogP contribution in [0.2, 0.25) is 15.1 Å². The molecule has 0 aliphatic heterocycles. The van der Waals surface area contributed by atoms with E-state index in [1.54, 1.807) is 25.1 Å². The minimum Gasteiger partial charge on any atom is -0.349 e. The topological polar surface area (TPSA) is 32.3 Å². The maximum Gasteiger partial charge on any atom is 0.223 e. The zero-order valence-electron chi connectivity index (χ0n) is 11.1. The van der Waals surface area contributed by atoms with Gasteiger partial charge >= 0.3 is 0 Å². The highest BCUT2D eigenvalue weighted by Crippen LogP contribution is 2.35. The second kappa shape index (κ2) is 7.34. The molecule has 1 N–H and O–H groups in total. The van der Waals surface area contributed by atoms with E-state index in [9.17, 15) is 4.79 Å². The minimum absolute atomic E-state index is 0.00257. The minimum atomic E-state index is -0.00257. The predicted molar refractivity (Wildman–Crippen MR) is 81.2 cm³/mol. The largest absolute Gasteiger partial charge is 0.349 e. The van der Waals surface area contributed by atoms with Gasteiger partial charge in [-0.05, 0) is 18.6 Å². The molecule has 0 spiro atoms. The summed E-state index contributed by atoms with van der Waals surface area (Å²) < 4.78 is 0. The number of hydrogen-bond donors (Lipinski definition) is 1. The quantitative estimate of drug-likeness (QED) is 0.836. The van der Waals surface area contributed by atoms with E-state index in [1.807, 2.05) is 13.0 Å². The molecule has 1 rings (SSSR count). The number of carbonyl (C=O) groups is 1. The summed E-state index contributed by atoms with van der Waals surface area (Å²) in [5, 5.41) is 4.49. The second-order valence-corrected chi connectivity index (χ2v) is 5.64. The van der Waals surface area contributed by atoms with Gasteiger partial charge in [-0.25, -0.2) is 0 Å². The van der Waals surface area contributed by atoms with E-state index in [4.69, 9.17) is 34.8 Å². The lowest BCUT2D eigenvalue weighted by molar-refractivity contribution is -0.128. The molecule has 0 saturated heterocycles. The van der Waals surface area contributed by atoms with Crippen LogP contribution in [0, 0.1) is 0 Å². The number of rotatable bonds is 5. The van der Waals surface area contributed by atoms with Gasteiger partial charge in [-0.1, -0.05) is 40.9 Å². The van der Waals surface area contributed by atoms with Gasteiger partial charge in [0.25, 0.3) is 0 Å². The van der Waals surface area contributed by atoms with E-state index in [-0.39, 0.29) is 11.9 Å². The zero-order chi connectivity index (χ0) is 14.6. The summed E-state index contributed by atoms with van der Waals surface area (Å²) in [6.45, 7) is 2.54. The first-order chi connectivity index (χ1) is 8.84. The third-order valence-electron chi connectivity index (χ3n) is 2.82. The Hall–Kier alpha value is -0.480. The molecule has 1 aromatic carbocycles. The van der Waals surface area contributed by atoms with E-state index in [1.165, 1.54) is 0 Å². The van der Waals surface area contributed by atoms with Gasteiger partial charge in [0.1, 0.15) is 0 Å². The second-order valence-electron chi connectivity index (χ2n) is 4.48. The van der Waals surface area contributed by atoms with Gasteiger partial charge < -0.3 is 10.2 Å². The summed E-state index contributed by atoms with van der Waals surface area (Å²) >= 11 is 18.0. The Morgan fingerprint density at radius 2 is 1.89 bits per heavy atom. The highest BCUT2D eigenvalue weighted by Gasteiger charge is 2.14. The number of carbonyl (C=O) groups excluding carboxylic acids is 1. The van der Waals surface area contributed by atoms with Crippen LogP contribution in [-0.4, -0.2) is 31.4 Å². The lowest BCUT2D eigenvalue weighted by atomic mass is 10.1. The molecule has 0 aliphatic rings. The van der Waals surface area contributed by atoms with Crippen molar-refractivity contribution < 1.29 is 4.79 Å². The van der Waals surface area contributed by atoms with Crippen LogP contribution in [0.3, 0.4) is 0 Å². The van der Waals surface area contributed by atoms with Crippen LogP contribution in [0.4, 0.5) is 0 Å². The summed E-state index contributed by atoms with van der Waals surface area (Å²) in [6.07, 6.45) is 0.441. The average Bonchev–Trinajstić information content (AvgIpc) is 2.35. The first-order valence-electron chi connectivity index (χ1n) is 5.91. The Kier molecular flexibility index (Phi) is 6.40. The van der Waals surface area contributed by atoms with Crippen LogP contribution in [0.5, 0.6) is 0 Å². The van der Waals surface area contributed by atoms with Gasteiger partial charge in [0.15, 0.2) is 0 Å². The van der Waals surface area contributed by atoms with Crippen molar-refractivity contribution in [1.82, 2.24) is 10.2 Å². The molecule has 1 unspecified atom stereocenters. The van der Waals surface area contributed by atoms with Crippen molar-refractivity contribution in [2.45, 2.75) is 19.4 Å². The van der Waals surface area contributed by atoms with Crippen molar-refractivity contribution >= 4 is 40.7 Å². The first-order valence-corrected chi connectivity index (χ1v) is 7.05. The van der Waals surface area contributed by atoms with Crippen molar-refractivity contribution in [2.75, 3.05) is 20.6 Å². The SMILES string of the molecule is CC(NCCC(=O)N(C)C)c1ccc(Cl)c(Cl)c1Cl.